The molecule has 1 heterocycles. The van der Waals surface area contributed by atoms with Gasteiger partial charge in [0.2, 0.25) is 0 Å². The van der Waals surface area contributed by atoms with Gasteiger partial charge in [0.15, 0.2) is 0 Å². The minimum absolute atomic E-state index is 0.0575. The molecule has 1 aliphatic rings. The zero-order chi connectivity index (χ0) is 25.8. The third-order valence-electron chi connectivity index (χ3n) is 6.37. The van der Waals surface area contributed by atoms with Crippen LogP contribution in [0.15, 0.2) is 78.9 Å². The maximum Gasteiger partial charge on any atom is 0.416 e. The molecule has 1 saturated heterocycles. The molecule has 0 saturated carbocycles. The van der Waals surface area contributed by atoms with Gasteiger partial charge in [0.05, 0.1) is 11.1 Å². The molecular weight excluding hydrogens is 480 g/mol. The molecule has 3 aromatic rings. The Morgan fingerprint density at radius 3 is 1.75 bits per heavy atom. The number of halogens is 6. The molecule has 1 fully saturated rings. The molecule has 1 N–H and O–H groups in total. The minimum Gasteiger partial charge on any atom is -0.369 e. The summed E-state index contributed by atoms with van der Waals surface area (Å²) in [5, 5.41) is 3.11. The fraction of sp³-hybridized carbons (Fsp3) is 0.333. The SMILES string of the molecule is FC(F)(F)c1cc(CNCC(c2ccccc2)N2CCN(c3ccccc3)CC2)cc(C(F)(F)F)c1. The van der Waals surface area contributed by atoms with Crippen molar-refractivity contribution in [1.82, 2.24) is 10.2 Å². The highest BCUT2D eigenvalue weighted by atomic mass is 19.4. The Morgan fingerprint density at radius 1 is 0.694 bits per heavy atom. The second-order valence-electron chi connectivity index (χ2n) is 8.83. The first-order valence-electron chi connectivity index (χ1n) is 11.7. The van der Waals surface area contributed by atoms with Gasteiger partial charge in [0.25, 0.3) is 0 Å². The van der Waals surface area contributed by atoms with Crippen LogP contribution in [0, 0.1) is 0 Å². The Balaban J connectivity index is 1.46. The summed E-state index contributed by atoms with van der Waals surface area (Å²) in [7, 11) is 0. The lowest BCUT2D eigenvalue weighted by Gasteiger charge is -2.40. The number of alkyl halides is 6. The predicted molar refractivity (Wildman–Crippen MR) is 128 cm³/mol. The average molecular weight is 508 g/mol. The maximum atomic E-state index is 13.2. The standard InChI is InChI=1S/C27H27F6N3/c28-26(29,30)22-15-20(16-23(17-22)27(31,32)33)18-34-19-25(21-7-3-1-4-8-21)36-13-11-35(12-14-36)24-9-5-2-6-10-24/h1-10,15-17,25,34H,11-14,18-19H2. The molecule has 0 radical (unpaired) electrons. The van der Waals surface area contributed by atoms with Gasteiger partial charge in [0.1, 0.15) is 0 Å². The van der Waals surface area contributed by atoms with Crippen LogP contribution in [0.1, 0.15) is 28.3 Å². The highest BCUT2D eigenvalue weighted by Crippen LogP contribution is 2.36. The number of rotatable bonds is 7. The van der Waals surface area contributed by atoms with E-state index in [0.29, 0.717) is 6.54 Å². The van der Waals surface area contributed by atoms with Crippen LogP contribution in [0.4, 0.5) is 32.0 Å². The summed E-state index contributed by atoms with van der Waals surface area (Å²) in [4.78, 5) is 4.60. The van der Waals surface area contributed by atoms with Crippen LogP contribution in [0.25, 0.3) is 0 Å². The van der Waals surface area contributed by atoms with Gasteiger partial charge in [-0.05, 0) is 41.5 Å². The van der Waals surface area contributed by atoms with Gasteiger partial charge in [-0.2, -0.15) is 26.3 Å². The van der Waals surface area contributed by atoms with Crippen molar-refractivity contribution in [2.45, 2.75) is 24.9 Å². The van der Waals surface area contributed by atoms with E-state index in [2.05, 4.69) is 27.2 Å². The number of hydrogen-bond acceptors (Lipinski definition) is 3. The third-order valence-corrected chi connectivity index (χ3v) is 6.37. The Morgan fingerprint density at radius 2 is 1.22 bits per heavy atom. The van der Waals surface area contributed by atoms with Crippen LogP contribution in [-0.4, -0.2) is 37.6 Å². The summed E-state index contributed by atoms with van der Waals surface area (Å²) in [5.41, 5.74) is -0.468. The number of piperazine rings is 1. The summed E-state index contributed by atoms with van der Waals surface area (Å²) < 4.78 is 79.2. The molecule has 0 spiro atoms. The molecule has 9 heteroatoms. The van der Waals surface area contributed by atoms with Crippen molar-refractivity contribution in [2.24, 2.45) is 0 Å². The molecule has 1 unspecified atom stereocenters. The van der Waals surface area contributed by atoms with E-state index in [1.54, 1.807) is 0 Å². The predicted octanol–water partition coefficient (Wildman–Crippen LogP) is 6.38. The first-order valence-corrected chi connectivity index (χ1v) is 11.7. The number of nitrogens with zero attached hydrogens (tertiary/aromatic N) is 2. The van der Waals surface area contributed by atoms with Gasteiger partial charge >= 0.3 is 12.4 Å². The van der Waals surface area contributed by atoms with Gasteiger partial charge in [-0.1, -0.05) is 48.5 Å². The number of nitrogens with one attached hydrogen (secondary N) is 1. The van der Waals surface area contributed by atoms with E-state index in [1.165, 1.54) is 0 Å². The molecular formula is C27H27F6N3. The average Bonchev–Trinajstić information content (AvgIpc) is 2.87. The summed E-state index contributed by atoms with van der Waals surface area (Å²) in [6, 6.07) is 21.5. The van der Waals surface area contributed by atoms with Crippen molar-refractivity contribution in [3.63, 3.8) is 0 Å². The number of benzene rings is 3. The van der Waals surface area contributed by atoms with Crippen LogP contribution in [0.3, 0.4) is 0 Å². The monoisotopic (exact) mass is 507 g/mol. The first kappa shape index (κ1) is 26.0. The quantitative estimate of drug-likeness (QED) is 0.375. The molecule has 192 valence electrons. The van der Waals surface area contributed by atoms with Crippen molar-refractivity contribution in [2.75, 3.05) is 37.6 Å². The van der Waals surface area contributed by atoms with E-state index < -0.39 is 23.5 Å². The minimum atomic E-state index is -4.86. The summed E-state index contributed by atoms with van der Waals surface area (Å²) in [6.07, 6.45) is -9.72. The van der Waals surface area contributed by atoms with E-state index in [9.17, 15) is 26.3 Å². The van der Waals surface area contributed by atoms with Crippen LogP contribution in [-0.2, 0) is 18.9 Å². The highest BCUT2D eigenvalue weighted by molar-refractivity contribution is 5.46. The van der Waals surface area contributed by atoms with Crippen molar-refractivity contribution in [1.29, 1.82) is 0 Å². The summed E-state index contributed by atoms with van der Waals surface area (Å²) in [6.45, 7) is 3.45. The maximum absolute atomic E-state index is 13.2. The molecule has 36 heavy (non-hydrogen) atoms. The molecule has 0 aromatic heterocycles. The summed E-state index contributed by atoms with van der Waals surface area (Å²) in [5.74, 6) is 0. The fourth-order valence-corrected chi connectivity index (χ4v) is 4.54. The molecule has 0 amide bonds. The van der Waals surface area contributed by atoms with Crippen molar-refractivity contribution < 1.29 is 26.3 Å². The zero-order valence-corrected chi connectivity index (χ0v) is 19.5. The molecule has 0 aliphatic carbocycles. The second-order valence-corrected chi connectivity index (χ2v) is 8.83. The highest BCUT2D eigenvalue weighted by Gasteiger charge is 2.37. The molecule has 3 nitrogen and oxygen atoms in total. The van der Waals surface area contributed by atoms with Crippen molar-refractivity contribution >= 4 is 5.69 Å². The number of hydrogen-bond donors (Lipinski definition) is 1. The fourth-order valence-electron chi connectivity index (χ4n) is 4.54. The van der Waals surface area contributed by atoms with Gasteiger partial charge in [0, 0.05) is 51.0 Å². The lowest BCUT2D eigenvalue weighted by Crippen LogP contribution is -2.49. The van der Waals surface area contributed by atoms with Gasteiger partial charge < -0.3 is 10.2 Å². The van der Waals surface area contributed by atoms with Crippen LogP contribution in [0.2, 0.25) is 0 Å². The van der Waals surface area contributed by atoms with Gasteiger partial charge in [-0.25, -0.2) is 0 Å². The van der Waals surface area contributed by atoms with E-state index in [1.807, 2.05) is 48.5 Å². The second kappa shape index (κ2) is 10.9. The third kappa shape index (κ3) is 6.59. The molecule has 3 aromatic carbocycles. The van der Waals surface area contributed by atoms with Crippen LogP contribution in [0.5, 0.6) is 0 Å². The number of para-hydroxylation sites is 1. The molecule has 0 bridgehead atoms. The first-order chi connectivity index (χ1) is 17.1. The van der Waals surface area contributed by atoms with Crippen LogP contribution >= 0.6 is 0 Å². The van der Waals surface area contributed by atoms with Crippen LogP contribution < -0.4 is 10.2 Å². The Labute approximate surface area is 206 Å². The van der Waals surface area contributed by atoms with E-state index >= 15 is 0 Å². The van der Waals surface area contributed by atoms with Gasteiger partial charge in [-0.3, -0.25) is 4.90 Å². The zero-order valence-electron chi connectivity index (χ0n) is 19.5. The lowest BCUT2D eigenvalue weighted by molar-refractivity contribution is -0.143. The molecule has 1 aliphatic heterocycles. The smallest absolute Gasteiger partial charge is 0.369 e. The van der Waals surface area contributed by atoms with Gasteiger partial charge in [-0.15, -0.1) is 0 Å². The Bertz CT molecular complexity index is 1080. The van der Waals surface area contributed by atoms with E-state index in [4.69, 9.17) is 0 Å². The van der Waals surface area contributed by atoms with E-state index in [-0.39, 0.29) is 24.2 Å². The van der Waals surface area contributed by atoms with E-state index in [0.717, 1.165) is 49.6 Å². The molecule has 1 atom stereocenters. The largest absolute Gasteiger partial charge is 0.416 e. The van der Waals surface area contributed by atoms with Crippen molar-refractivity contribution in [3.8, 4) is 0 Å². The lowest BCUT2D eigenvalue weighted by atomic mass is 10.0. The Kier molecular flexibility index (Phi) is 7.90. The van der Waals surface area contributed by atoms with Crippen molar-refractivity contribution in [3.05, 3.63) is 101 Å². The number of anilines is 1. The summed E-state index contributed by atoms with van der Waals surface area (Å²) >= 11 is 0. The topological polar surface area (TPSA) is 18.5 Å². The molecule has 4 rings (SSSR count). The normalized spacial score (nSPS) is 16.2. The Hall–Kier alpha value is -3.04.